The van der Waals surface area contributed by atoms with Gasteiger partial charge in [0.15, 0.2) is 16.9 Å². The summed E-state index contributed by atoms with van der Waals surface area (Å²) >= 11 is 10.7. The lowest BCUT2D eigenvalue weighted by atomic mass is 9.80. The molecule has 388 valence electrons. The summed E-state index contributed by atoms with van der Waals surface area (Å²) in [6.07, 6.45) is 1.13. The molecule has 76 heavy (non-hydrogen) atoms. The number of nitrogens with two attached hydrogens (primary N) is 1. The Morgan fingerprint density at radius 1 is 0.829 bits per heavy atom. The van der Waals surface area contributed by atoms with E-state index in [1.807, 2.05) is 185 Å². The number of allylic oxidation sites excluding steroid dienone is 1. The van der Waals surface area contributed by atoms with Gasteiger partial charge in [0.2, 0.25) is 5.60 Å². The first-order valence-electron chi connectivity index (χ1n) is 24.5. The molecular weight excluding hydrogens is 1040 g/mol. The van der Waals surface area contributed by atoms with Crippen LogP contribution in [0.15, 0.2) is 191 Å². The number of nitrogen functional groups attached to an aromatic ring is 1. The van der Waals surface area contributed by atoms with E-state index in [9.17, 15) is 14.4 Å². The van der Waals surface area contributed by atoms with Gasteiger partial charge in [0.05, 0.1) is 11.7 Å². The number of rotatable bonds is 19. The van der Waals surface area contributed by atoms with Gasteiger partial charge in [-0.2, -0.15) is 11.8 Å². The Balaban J connectivity index is 1.03. The normalized spacial score (nSPS) is 15.6. The molecule has 0 radical (unpaired) electrons. The van der Waals surface area contributed by atoms with Crippen LogP contribution in [0, 0.1) is 0 Å². The van der Waals surface area contributed by atoms with Crippen molar-refractivity contribution in [3.63, 3.8) is 0 Å². The molecule has 1 saturated heterocycles. The molecule has 0 bridgehead atoms. The minimum Gasteiger partial charge on any atom is -0.448 e. The molecule has 4 heterocycles. The molecule has 9 rings (SSSR count). The monoisotopic (exact) mass is 1090 g/mol. The molecule has 5 aromatic carbocycles. The molecule has 1 fully saturated rings. The van der Waals surface area contributed by atoms with Crippen LogP contribution >= 0.6 is 46.5 Å². The van der Waals surface area contributed by atoms with Crippen LogP contribution in [0.2, 0.25) is 4.34 Å². The molecule has 14 nitrogen and oxygen atoms in total. The molecule has 18 heteroatoms. The van der Waals surface area contributed by atoms with Crippen LogP contribution in [-0.2, 0) is 40.0 Å². The first kappa shape index (κ1) is 53.4. The van der Waals surface area contributed by atoms with Crippen molar-refractivity contribution >= 4 is 81.2 Å². The predicted octanol–water partition coefficient (Wildman–Crippen LogP) is 11.1. The van der Waals surface area contributed by atoms with E-state index in [0.717, 1.165) is 49.7 Å². The Labute approximate surface area is 458 Å². The van der Waals surface area contributed by atoms with Crippen molar-refractivity contribution in [1.29, 1.82) is 0 Å². The zero-order chi connectivity index (χ0) is 53.2. The summed E-state index contributed by atoms with van der Waals surface area (Å²) in [5.74, 6) is -0.952. The zero-order valence-electron chi connectivity index (χ0n) is 41.8. The van der Waals surface area contributed by atoms with Crippen molar-refractivity contribution in [3.8, 4) is 0 Å². The van der Waals surface area contributed by atoms with E-state index in [0.29, 0.717) is 35.8 Å². The topological polar surface area (TPSA) is 187 Å². The number of thioether (sulfide) groups is 2. The van der Waals surface area contributed by atoms with Crippen LogP contribution in [0.1, 0.15) is 78.9 Å². The highest BCUT2D eigenvalue weighted by Gasteiger charge is 2.55. The summed E-state index contributed by atoms with van der Waals surface area (Å²) < 4.78 is 11.9. The molecule has 2 aliphatic heterocycles. The fourth-order valence-electron chi connectivity index (χ4n) is 8.99. The molecule has 1 unspecified atom stereocenters. The summed E-state index contributed by atoms with van der Waals surface area (Å²) in [5, 5.41) is 10.4. The zero-order valence-corrected chi connectivity index (χ0v) is 45.0. The number of ether oxygens (including phenoxy) is 2. The second-order valence-corrected chi connectivity index (χ2v) is 22.5. The number of halogens is 1. The number of esters is 1. The van der Waals surface area contributed by atoms with Gasteiger partial charge in [0.25, 0.3) is 11.8 Å². The Bertz CT molecular complexity index is 3100. The number of oxime groups is 1. The van der Waals surface area contributed by atoms with E-state index in [2.05, 4.69) is 20.8 Å². The second kappa shape index (κ2) is 24.0. The molecule has 7 aromatic rings. The summed E-state index contributed by atoms with van der Waals surface area (Å²) in [6, 6.07) is 49.4. The Hall–Kier alpha value is -7.44. The third-order valence-electron chi connectivity index (χ3n) is 12.4. The quantitative estimate of drug-likeness (QED) is 0.0174. The van der Waals surface area contributed by atoms with E-state index in [4.69, 9.17) is 36.6 Å². The minimum atomic E-state index is -1.38. The third kappa shape index (κ3) is 12.1. The molecular formula is C58H54ClN7O7S3. The highest BCUT2D eigenvalue weighted by Crippen LogP contribution is 2.46. The number of anilines is 1. The summed E-state index contributed by atoms with van der Waals surface area (Å²) in [7, 11) is 0. The number of fused-ring (bicyclic) bond motifs is 1. The summed E-state index contributed by atoms with van der Waals surface area (Å²) in [4.78, 5) is 75.7. The number of amides is 3. The van der Waals surface area contributed by atoms with Crippen LogP contribution in [0.25, 0.3) is 0 Å². The van der Waals surface area contributed by atoms with Crippen LogP contribution in [0.5, 0.6) is 0 Å². The molecule has 0 spiro atoms. The van der Waals surface area contributed by atoms with Crippen LogP contribution in [0.4, 0.5) is 9.93 Å². The minimum absolute atomic E-state index is 0.0301. The van der Waals surface area contributed by atoms with Crippen molar-refractivity contribution < 1.29 is 33.5 Å². The smallest absolute Gasteiger partial charge is 0.407 e. The fraction of sp³-hybridized carbons (Fsp3) is 0.224. The van der Waals surface area contributed by atoms with Crippen molar-refractivity contribution in [2.24, 2.45) is 5.16 Å². The SMILES string of the molecule is CC(C)(C)OC(=O)NCCSCc1ncccc1SC1=C(C(=O)OC(c2ccccc2)c2ccccc2)N2C(=O)[C@H](NC(=O)C(=NOC(c3ccccc3)(c3ccccc3)c3ccccc3)c3nc(N)sc3Cl)C2CC1. The largest absolute Gasteiger partial charge is 0.448 e. The lowest BCUT2D eigenvalue weighted by molar-refractivity contribution is -0.158. The van der Waals surface area contributed by atoms with Gasteiger partial charge < -0.3 is 30.7 Å². The number of pyridine rings is 1. The molecule has 2 aliphatic rings. The molecule has 3 amide bonds. The first-order chi connectivity index (χ1) is 36.8. The second-order valence-electron chi connectivity index (χ2n) is 18.7. The molecule has 2 aromatic heterocycles. The van der Waals surface area contributed by atoms with Crippen molar-refractivity contribution in [1.82, 2.24) is 25.5 Å². The van der Waals surface area contributed by atoms with Gasteiger partial charge in [-0.05, 0) is 56.9 Å². The average Bonchev–Trinajstić information content (AvgIpc) is 3.79. The third-order valence-corrected chi connectivity index (χ3v) is 15.7. The van der Waals surface area contributed by atoms with E-state index in [1.54, 1.807) is 18.0 Å². The number of alkyl carbamates (subject to hydrolysis) is 1. The van der Waals surface area contributed by atoms with Gasteiger partial charge in [0.1, 0.15) is 27.4 Å². The number of carbonyl (C=O) groups is 4. The average molecular weight is 1090 g/mol. The molecule has 0 aliphatic carbocycles. The maximum absolute atomic E-state index is 15.0. The highest BCUT2D eigenvalue weighted by molar-refractivity contribution is 8.03. The first-order valence-corrected chi connectivity index (χ1v) is 27.7. The number of aromatic nitrogens is 2. The summed E-state index contributed by atoms with van der Waals surface area (Å²) in [6.45, 7) is 5.82. The van der Waals surface area contributed by atoms with E-state index >= 15 is 4.79 Å². The van der Waals surface area contributed by atoms with Gasteiger partial charge in [-0.3, -0.25) is 19.5 Å². The van der Waals surface area contributed by atoms with Crippen LogP contribution < -0.4 is 16.4 Å². The Kier molecular flexibility index (Phi) is 16.9. The number of nitrogens with one attached hydrogen (secondary N) is 2. The number of nitrogens with zero attached hydrogens (tertiary/aromatic N) is 4. The van der Waals surface area contributed by atoms with Gasteiger partial charge >= 0.3 is 12.1 Å². The van der Waals surface area contributed by atoms with E-state index < -0.39 is 53.3 Å². The van der Waals surface area contributed by atoms with Crippen molar-refractivity contribution in [3.05, 3.63) is 224 Å². The maximum atomic E-state index is 15.0. The van der Waals surface area contributed by atoms with Gasteiger partial charge in [0, 0.05) is 50.7 Å². The van der Waals surface area contributed by atoms with Crippen molar-refractivity contribution in [2.45, 2.75) is 73.7 Å². The van der Waals surface area contributed by atoms with Gasteiger partial charge in [-0.15, -0.1) is 0 Å². The summed E-state index contributed by atoms with van der Waals surface area (Å²) in [5.41, 5.74) is 8.31. The fourth-order valence-corrected chi connectivity index (χ4v) is 12.0. The number of hydrogen-bond acceptors (Lipinski definition) is 14. The van der Waals surface area contributed by atoms with E-state index in [-0.39, 0.29) is 26.6 Å². The van der Waals surface area contributed by atoms with E-state index in [1.165, 1.54) is 16.7 Å². The Morgan fingerprint density at radius 2 is 1.39 bits per heavy atom. The van der Waals surface area contributed by atoms with Gasteiger partial charge in [-0.25, -0.2) is 14.6 Å². The number of benzene rings is 5. The number of thiazole rings is 1. The molecule has 4 N–H and O–H groups in total. The lowest BCUT2D eigenvalue weighted by Gasteiger charge is -2.50. The standard InChI is InChI=1S/C58H54ClN7O7S3/c1-57(2,3)72-56(70)62-34-35-74-36-42-44(30-19-33-61-42)75-45-32-31-43-46(53(68)66(43)49(45)54(69)71-50(37-20-9-4-10-21-37)38-22-11-5-12-23-38)63-52(67)48(47-51(59)76-55(60)64-47)65-73-58(39-24-13-6-14-25-39,40-26-15-7-16-27-40)41-28-17-8-18-29-41/h4-30,33,43,46,50H,31-32,34-36H2,1-3H3,(H2,60,64)(H,62,70)(H,63,67)/t43?,46-/m1/s1. The lowest BCUT2D eigenvalue weighted by Crippen LogP contribution is -2.72. The predicted molar refractivity (Wildman–Crippen MR) is 299 cm³/mol. The Morgan fingerprint density at radius 3 is 1.93 bits per heavy atom. The maximum Gasteiger partial charge on any atom is 0.407 e. The number of β-lactam (4-membered cyclic amide) rings is 1. The van der Waals surface area contributed by atoms with Crippen LogP contribution in [0.3, 0.4) is 0 Å². The van der Waals surface area contributed by atoms with Crippen molar-refractivity contribution in [2.75, 3.05) is 18.0 Å². The molecule has 0 saturated carbocycles. The number of carbonyl (C=O) groups excluding carboxylic acids is 4. The number of hydrogen-bond donors (Lipinski definition) is 3. The molecule has 2 atom stereocenters. The van der Waals surface area contributed by atoms with Crippen LogP contribution in [-0.4, -0.2) is 74.4 Å². The van der Waals surface area contributed by atoms with Gasteiger partial charge in [-0.1, -0.05) is 192 Å². The highest BCUT2D eigenvalue weighted by atomic mass is 35.5.